The summed E-state index contributed by atoms with van der Waals surface area (Å²) in [6.07, 6.45) is 3.41. The molecule has 3 N–H and O–H groups in total. The minimum atomic E-state index is -0.158. The lowest BCUT2D eigenvalue weighted by Crippen LogP contribution is -2.36. The first-order chi connectivity index (χ1) is 13.7. The summed E-state index contributed by atoms with van der Waals surface area (Å²) in [5.74, 6) is 1.43. The number of rotatable bonds is 5. The fourth-order valence-electron chi connectivity index (χ4n) is 3.82. The molecule has 2 heterocycles. The highest BCUT2D eigenvalue weighted by atomic mass is 16.5. The Hall–Kier alpha value is -2.38. The predicted molar refractivity (Wildman–Crippen MR) is 111 cm³/mol. The van der Waals surface area contributed by atoms with E-state index >= 15 is 0 Å². The number of aliphatic hydroxyl groups is 1. The lowest BCUT2D eigenvalue weighted by Gasteiger charge is -2.29. The number of aromatic nitrogens is 2. The molecule has 1 aliphatic heterocycles. The van der Waals surface area contributed by atoms with Crippen molar-refractivity contribution in [1.29, 1.82) is 0 Å². The maximum absolute atomic E-state index is 9.67. The quantitative estimate of drug-likeness (QED) is 0.732. The number of aryl methyl sites for hydroxylation is 1. The predicted octanol–water partition coefficient (Wildman–Crippen LogP) is 3.08. The number of anilines is 4. The zero-order chi connectivity index (χ0) is 19.3. The Kier molecular flexibility index (Phi) is 5.92. The van der Waals surface area contributed by atoms with Crippen LogP contribution in [0.5, 0.6) is 0 Å². The first-order valence-electron chi connectivity index (χ1n) is 10.2. The van der Waals surface area contributed by atoms with Crippen LogP contribution in [0.3, 0.4) is 0 Å². The van der Waals surface area contributed by atoms with E-state index in [4.69, 9.17) is 4.74 Å². The third-order valence-corrected chi connectivity index (χ3v) is 5.40. The molecule has 2 aliphatic rings. The molecule has 0 amide bonds. The summed E-state index contributed by atoms with van der Waals surface area (Å²) >= 11 is 0. The Morgan fingerprint density at radius 2 is 1.75 bits per heavy atom. The topological polar surface area (TPSA) is 82.5 Å². The fraction of sp³-hybridized carbons (Fsp3) is 0.524. The minimum Gasteiger partial charge on any atom is -0.393 e. The van der Waals surface area contributed by atoms with Crippen LogP contribution in [-0.4, -0.2) is 53.5 Å². The first kappa shape index (κ1) is 19.0. The van der Waals surface area contributed by atoms with E-state index in [1.165, 1.54) is 5.69 Å². The maximum atomic E-state index is 9.67. The smallest absolute Gasteiger partial charge is 0.225 e. The molecule has 1 aromatic carbocycles. The molecule has 1 aromatic heterocycles. The molecule has 0 unspecified atom stereocenters. The summed E-state index contributed by atoms with van der Waals surface area (Å²) in [7, 11) is 0. The van der Waals surface area contributed by atoms with E-state index in [2.05, 4.69) is 49.8 Å². The highest BCUT2D eigenvalue weighted by molar-refractivity contribution is 5.61. The highest BCUT2D eigenvalue weighted by Crippen LogP contribution is 2.24. The van der Waals surface area contributed by atoms with Gasteiger partial charge in [-0.2, -0.15) is 4.98 Å². The molecule has 7 nitrogen and oxygen atoms in total. The lowest BCUT2D eigenvalue weighted by molar-refractivity contribution is 0.122. The Balaban J connectivity index is 1.40. The SMILES string of the molecule is Cc1cc(Nc2ccc(N3CCOCC3)cc2)nc(NC2CCC(O)CC2)n1. The van der Waals surface area contributed by atoms with Crippen molar-refractivity contribution in [1.82, 2.24) is 9.97 Å². The van der Waals surface area contributed by atoms with Crippen LogP contribution in [0.15, 0.2) is 30.3 Å². The number of nitrogens with one attached hydrogen (secondary N) is 2. The van der Waals surface area contributed by atoms with E-state index in [9.17, 15) is 5.11 Å². The molecular weight excluding hydrogens is 354 g/mol. The number of hydrogen-bond acceptors (Lipinski definition) is 7. The molecule has 150 valence electrons. The van der Waals surface area contributed by atoms with Gasteiger partial charge in [0.15, 0.2) is 0 Å². The first-order valence-corrected chi connectivity index (χ1v) is 10.2. The summed E-state index contributed by atoms with van der Waals surface area (Å²) < 4.78 is 5.42. The number of morpholine rings is 1. The monoisotopic (exact) mass is 383 g/mol. The Morgan fingerprint density at radius 3 is 2.46 bits per heavy atom. The van der Waals surface area contributed by atoms with Gasteiger partial charge in [-0.25, -0.2) is 4.98 Å². The minimum absolute atomic E-state index is 0.158. The van der Waals surface area contributed by atoms with Crippen molar-refractivity contribution in [3.63, 3.8) is 0 Å². The Bertz CT molecular complexity index is 769. The maximum Gasteiger partial charge on any atom is 0.225 e. The van der Waals surface area contributed by atoms with Crippen LogP contribution in [0, 0.1) is 6.92 Å². The second-order valence-corrected chi connectivity index (χ2v) is 7.64. The third-order valence-electron chi connectivity index (χ3n) is 5.40. The van der Waals surface area contributed by atoms with Crippen molar-refractivity contribution in [2.75, 3.05) is 41.8 Å². The number of benzene rings is 1. The van der Waals surface area contributed by atoms with E-state index in [-0.39, 0.29) is 6.10 Å². The van der Waals surface area contributed by atoms with Gasteiger partial charge < -0.3 is 25.4 Å². The van der Waals surface area contributed by atoms with Crippen molar-refractivity contribution in [3.8, 4) is 0 Å². The molecule has 1 saturated heterocycles. The second-order valence-electron chi connectivity index (χ2n) is 7.64. The van der Waals surface area contributed by atoms with Crippen LogP contribution < -0.4 is 15.5 Å². The molecular formula is C21H29N5O2. The molecule has 0 spiro atoms. The van der Waals surface area contributed by atoms with Gasteiger partial charge in [0, 0.05) is 42.3 Å². The van der Waals surface area contributed by atoms with Crippen molar-refractivity contribution in [2.45, 2.75) is 44.8 Å². The van der Waals surface area contributed by atoms with Crippen molar-refractivity contribution < 1.29 is 9.84 Å². The number of hydrogen-bond donors (Lipinski definition) is 3. The van der Waals surface area contributed by atoms with Crippen LogP contribution in [0.25, 0.3) is 0 Å². The third kappa shape index (κ3) is 4.91. The lowest BCUT2D eigenvalue weighted by atomic mass is 9.93. The Labute approximate surface area is 166 Å². The summed E-state index contributed by atoms with van der Waals surface area (Å²) in [6.45, 7) is 5.42. The molecule has 0 atom stereocenters. The zero-order valence-corrected chi connectivity index (χ0v) is 16.4. The van der Waals surface area contributed by atoms with Gasteiger partial charge in [0.05, 0.1) is 19.3 Å². The number of ether oxygens (including phenoxy) is 1. The van der Waals surface area contributed by atoms with E-state index in [1.807, 2.05) is 13.0 Å². The standard InChI is InChI=1S/C21H29N5O2/c1-15-14-20(25-21(22-15)24-17-4-8-19(27)9-5-17)23-16-2-6-18(7-3-16)26-10-12-28-13-11-26/h2-3,6-7,14,17,19,27H,4-5,8-13H2,1H3,(H2,22,23,24,25). The van der Waals surface area contributed by atoms with Gasteiger partial charge in [-0.15, -0.1) is 0 Å². The average molecular weight is 383 g/mol. The molecule has 0 radical (unpaired) electrons. The Morgan fingerprint density at radius 1 is 1.04 bits per heavy atom. The molecule has 4 rings (SSSR count). The van der Waals surface area contributed by atoms with Crippen LogP contribution in [0.4, 0.5) is 23.1 Å². The number of nitrogens with zero attached hydrogens (tertiary/aromatic N) is 3. The van der Waals surface area contributed by atoms with Crippen LogP contribution in [0.2, 0.25) is 0 Å². The van der Waals surface area contributed by atoms with Gasteiger partial charge in [-0.3, -0.25) is 0 Å². The normalized spacial score (nSPS) is 22.7. The van der Waals surface area contributed by atoms with E-state index in [1.54, 1.807) is 0 Å². The van der Waals surface area contributed by atoms with E-state index in [0.717, 1.165) is 69.2 Å². The molecule has 28 heavy (non-hydrogen) atoms. The van der Waals surface area contributed by atoms with Crippen molar-refractivity contribution in [2.24, 2.45) is 0 Å². The molecule has 1 aliphatic carbocycles. The van der Waals surface area contributed by atoms with Gasteiger partial charge >= 0.3 is 0 Å². The van der Waals surface area contributed by atoms with Gasteiger partial charge in [0.2, 0.25) is 5.95 Å². The van der Waals surface area contributed by atoms with Gasteiger partial charge in [-0.05, 0) is 56.9 Å². The van der Waals surface area contributed by atoms with Gasteiger partial charge in [-0.1, -0.05) is 0 Å². The molecule has 7 heteroatoms. The summed E-state index contributed by atoms with van der Waals surface area (Å²) in [5, 5.41) is 16.5. The summed E-state index contributed by atoms with van der Waals surface area (Å²) in [6, 6.07) is 10.7. The summed E-state index contributed by atoms with van der Waals surface area (Å²) in [4.78, 5) is 11.5. The van der Waals surface area contributed by atoms with E-state index < -0.39 is 0 Å². The molecule has 0 bridgehead atoms. The largest absolute Gasteiger partial charge is 0.393 e. The highest BCUT2D eigenvalue weighted by Gasteiger charge is 2.20. The second kappa shape index (κ2) is 8.75. The van der Waals surface area contributed by atoms with Crippen molar-refractivity contribution in [3.05, 3.63) is 36.0 Å². The van der Waals surface area contributed by atoms with Crippen LogP contribution >= 0.6 is 0 Å². The molecule has 2 aromatic rings. The average Bonchev–Trinajstić information content (AvgIpc) is 2.71. The fourth-order valence-corrected chi connectivity index (χ4v) is 3.82. The number of aliphatic hydroxyl groups excluding tert-OH is 1. The molecule has 1 saturated carbocycles. The van der Waals surface area contributed by atoms with Crippen LogP contribution in [0.1, 0.15) is 31.4 Å². The van der Waals surface area contributed by atoms with Gasteiger partial charge in [0.25, 0.3) is 0 Å². The van der Waals surface area contributed by atoms with Gasteiger partial charge in [0.1, 0.15) is 5.82 Å². The van der Waals surface area contributed by atoms with Crippen LogP contribution in [-0.2, 0) is 4.74 Å². The molecule has 2 fully saturated rings. The zero-order valence-electron chi connectivity index (χ0n) is 16.4. The summed E-state index contributed by atoms with van der Waals surface area (Å²) in [5.41, 5.74) is 3.14. The van der Waals surface area contributed by atoms with E-state index in [0.29, 0.717) is 12.0 Å². The van der Waals surface area contributed by atoms with Crippen molar-refractivity contribution >= 4 is 23.1 Å².